The molecule has 2 rings (SSSR count). The lowest BCUT2D eigenvalue weighted by atomic mass is 10.2. The lowest BCUT2D eigenvalue weighted by Gasteiger charge is -2.26. The third-order valence-corrected chi connectivity index (χ3v) is 3.00. The molecule has 0 aromatic carbocycles. The fraction of sp³-hybridized carbons (Fsp3) is 0.909. The van der Waals surface area contributed by atoms with E-state index >= 15 is 0 Å². The van der Waals surface area contributed by atoms with Gasteiger partial charge in [-0.05, 0) is 12.3 Å². The summed E-state index contributed by atoms with van der Waals surface area (Å²) in [7, 11) is 0. The van der Waals surface area contributed by atoms with E-state index in [1.165, 1.54) is 12.8 Å². The van der Waals surface area contributed by atoms with Crippen molar-refractivity contribution in [1.82, 2.24) is 10.6 Å². The maximum atomic E-state index is 11.3. The number of ether oxygens (including phenoxy) is 1. The molecule has 4 nitrogen and oxygen atoms in total. The summed E-state index contributed by atoms with van der Waals surface area (Å²) in [5.41, 5.74) is 0. The van der Waals surface area contributed by atoms with Crippen LogP contribution in [0.15, 0.2) is 0 Å². The molecule has 2 aliphatic rings. The van der Waals surface area contributed by atoms with Gasteiger partial charge in [0.15, 0.2) is 0 Å². The second-order valence-electron chi connectivity index (χ2n) is 4.48. The first-order chi connectivity index (χ1) is 7.34. The molecule has 0 aromatic heterocycles. The van der Waals surface area contributed by atoms with E-state index in [4.69, 9.17) is 4.74 Å². The molecule has 1 saturated carbocycles. The molecule has 0 atom stereocenters. The number of carbonyl (C=O) groups excluding carboxylic acids is 1. The molecule has 2 fully saturated rings. The Morgan fingerprint density at radius 3 is 2.80 bits per heavy atom. The van der Waals surface area contributed by atoms with E-state index in [1.54, 1.807) is 0 Å². The van der Waals surface area contributed by atoms with Crippen molar-refractivity contribution in [3.8, 4) is 0 Å². The maximum absolute atomic E-state index is 11.3. The SMILES string of the molecule is O=C(CCOC1CNC1)NCCC1CC1. The molecule has 86 valence electrons. The van der Waals surface area contributed by atoms with Gasteiger partial charge in [0, 0.05) is 26.1 Å². The van der Waals surface area contributed by atoms with Gasteiger partial charge in [-0.2, -0.15) is 0 Å². The molecule has 0 unspecified atom stereocenters. The summed E-state index contributed by atoms with van der Waals surface area (Å²) in [6.07, 6.45) is 4.70. The van der Waals surface area contributed by atoms with E-state index in [2.05, 4.69) is 10.6 Å². The zero-order valence-electron chi connectivity index (χ0n) is 9.13. The average Bonchev–Trinajstić information content (AvgIpc) is 2.93. The topological polar surface area (TPSA) is 50.4 Å². The van der Waals surface area contributed by atoms with Crippen molar-refractivity contribution in [2.75, 3.05) is 26.2 Å². The van der Waals surface area contributed by atoms with Gasteiger partial charge in [-0.25, -0.2) is 0 Å². The van der Waals surface area contributed by atoms with E-state index < -0.39 is 0 Å². The van der Waals surface area contributed by atoms with E-state index in [0.717, 1.165) is 32.0 Å². The summed E-state index contributed by atoms with van der Waals surface area (Å²) in [6, 6.07) is 0. The molecule has 1 heterocycles. The molecular formula is C11H20N2O2. The van der Waals surface area contributed by atoms with Crippen LogP contribution >= 0.6 is 0 Å². The van der Waals surface area contributed by atoms with Crippen LogP contribution in [-0.2, 0) is 9.53 Å². The summed E-state index contributed by atoms with van der Waals surface area (Å²) >= 11 is 0. The number of nitrogens with one attached hydrogen (secondary N) is 2. The molecule has 4 heteroatoms. The summed E-state index contributed by atoms with van der Waals surface area (Å²) in [5.74, 6) is 1.02. The van der Waals surface area contributed by atoms with Crippen molar-refractivity contribution in [2.45, 2.75) is 31.8 Å². The molecule has 1 amide bonds. The van der Waals surface area contributed by atoms with Crippen LogP contribution in [0.25, 0.3) is 0 Å². The highest BCUT2D eigenvalue weighted by Gasteiger charge is 2.20. The fourth-order valence-corrected chi connectivity index (χ4v) is 1.61. The Balaban J connectivity index is 1.41. The van der Waals surface area contributed by atoms with Gasteiger partial charge >= 0.3 is 0 Å². The maximum Gasteiger partial charge on any atom is 0.222 e. The lowest BCUT2D eigenvalue weighted by molar-refractivity contribution is -0.122. The second kappa shape index (κ2) is 5.47. The van der Waals surface area contributed by atoms with E-state index in [0.29, 0.717) is 19.1 Å². The van der Waals surface area contributed by atoms with Crippen LogP contribution < -0.4 is 10.6 Å². The van der Waals surface area contributed by atoms with Crippen molar-refractivity contribution in [3.63, 3.8) is 0 Å². The molecule has 1 saturated heterocycles. The number of amides is 1. The first kappa shape index (κ1) is 10.9. The molecule has 0 radical (unpaired) electrons. The Labute approximate surface area is 90.8 Å². The molecule has 1 aliphatic carbocycles. The van der Waals surface area contributed by atoms with Crippen LogP contribution in [0.2, 0.25) is 0 Å². The third kappa shape index (κ3) is 4.18. The summed E-state index contributed by atoms with van der Waals surface area (Å²) in [4.78, 5) is 11.3. The monoisotopic (exact) mass is 212 g/mol. The Bertz CT molecular complexity index is 213. The van der Waals surface area contributed by atoms with Gasteiger partial charge in [-0.15, -0.1) is 0 Å². The molecule has 2 N–H and O–H groups in total. The van der Waals surface area contributed by atoms with Gasteiger partial charge in [-0.1, -0.05) is 12.8 Å². The van der Waals surface area contributed by atoms with Crippen LogP contribution in [0.1, 0.15) is 25.7 Å². The van der Waals surface area contributed by atoms with Crippen molar-refractivity contribution in [3.05, 3.63) is 0 Å². The van der Waals surface area contributed by atoms with E-state index in [1.807, 2.05) is 0 Å². The average molecular weight is 212 g/mol. The summed E-state index contributed by atoms with van der Waals surface area (Å²) < 4.78 is 5.47. The van der Waals surface area contributed by atoms with E-state index in [9.17, 15) is 4.79 Å². The highest BCUT2D eigenvalue weighted by Crippen LogP contribution is 2.31. The summed E-state index contributed by atoms with van der Waals surface area (Å²) in [5, 5.41) is 6.06. The van der Waals surface area contributed by atoms with Crippen molar-refractivity contribution in [1.29, 1.82) is 0 Å². The van der Waals surface area contributed by atoms with Gasteiger partial charge in [0.2, 0.25) is 5.91 Å². The van der Waals surface area contributed by atoms with Crippen LogP contribution in [0.3, 0.4) is 0 Å². The quantitative estimate of drug-likeness (QED) is 0.637. The predicted octanol–water partition coefficient (Wildman–Crippen LogP) is 0.281. The number of hydrogen-bond acceptors (Lipinski definition) is 3. The van der Waals surface area contributed by atoms with Crippen molar-refractivity contribution >= 4 is 5.91 Å². The molecule has 0 spiro atoms. The van der Waals surface area contributed by atoms with Crippen LogP contribution in [0, 0.1) is 5.92 Å². The van der Waals surface area contributed by atoms with Gasteiger partial charge in [0.25, 0.3) is 0 Å². The van der Waals surface area contributed by atoms with Crippen LogP contribution in [0.4, 0.5) is 0 Å². The van der Waals surface area contributed by atoms with Crippen LogP contribution in [0.5, 0.6) is 0 Å². The highest BCUT2D eigenvalue weighted by atomic mass is 16.5. The minimum atomic E-state index is 0.128. The molecule has 0 bridgehead atoms. The second-order valence-corrected chi connectivity index (χ2v) is 4.48. The standard InChI is InChI=1S/C11H20N2O2/c14-11(13-5-3-9-1-2-9)4-6-15-10-7-12-8-10/h9-10,12H,1-8H2,(H,13,14). The van der Waals surface area contributed by atoms with Crippen molar-refractivity contribution in [2.24, 2.45) is 5.92 Å². The molecule has 15 heavy (non-hydrogen) atoms. The van der Waals surface area contributed by atoms with Gasteiger partial charge in [0.1, 0.15) is 0 Å². The van der Waals surface area contributed by atoms with Gasteiger partial charge in [-0.3, -0.25) is 4.79 Å². The third-order valence-electron chi connectivity index (χ3n) is 3.00. The summed E-state index contributed by atoms with van der Waals surface area (Å²) in [6.45, 7) is 3.27. The van der Waals surface area contributed by atoms with E-state index in [-0.39, 0.29) is 5.91 Å². The first-order valence-corrected chi connectivity index (χ1v) is 5.93. The molecule has 0 aromatic rings. The predicted molar refractivity (Wildman–Crippen MR) is 57.6 cm³/mol. The Morgan fingerprint density at radius 2 is 2.20 bits per heavy atom. The molecular weight excluding hydrogens is 192 g/mol. The lowest BCUT2D eigenvalue weighted by Crippen LogP contribution is -2.48. The van der Waals surface area contributed by atoms with Gasteiger partial charge in [0.05, 0.1) is 12.7 Å². The Kier molecular flexibility index (Phi) is 3.97. The zero-order valence-corrected chi connectivity index (χ0v) is 9.13. The first-order valence-electron chi connectivity index (χ1n) is 5.93. The molecule has 1 aliphatic heterocycles. The Hall–Kier alpha value is -0.610. The largest absolute Gasteiger partial charge is 0.375 e. The highest BCUT2D eigenvalue weighted by molar-refractivity contribution is 5.75. The van der Waals surface area contributed by atoms with Crippen LogP contribution in [-0.4, -0.2) is 38.3 Å². The normalized spacial score (nSPS) is 21.1. The Morgan fingerprint density at radius 1 is 1.40 bits per heavy atom. The zero-order chi connectivity index (χ0) is 10.5. The minimum absolute atomic E-state index is 0.128. The van der Waals surface area contributed by atoms with Gasteiger partial charge < -0.3 is 15.4 Å². The minimum Gasteiger partial charge on any atom is -0.375 e. The number of rotatable bonds is 7. The fourth-order valence-electron chi connectivity index (χ4n) is 1.61. The number of hydrogen-bond donors (Lipinski definition) is 2. The smallest absolute Gasteiger partial charge is 0.222 e. The number of carbonyl (C=O) groups is 1. The van der Waals surface area contributed by atoms with Crippen molar-refractivity contribution < 1.29 is 9.53 Å².